The lowest BCUT2D eigenvalue weighted by Crippen LogP contribution is -2.13. The van der Waals surface area contributed by atoms with Crippen LogP contribution in [0.4, 0.5) is 11.4 Å². The summed E-state index contributed by atoms with van der Waals surface area (Å²) >= 11 is 12.1. The number of halogens is 2. The predicted molar refractivity (Wildman–Crippen MR) is 95.3 cm³/mol. The summed E-state index contributed by atoms with van der Waals surface area (Å²) in [5.41, 5.74) is 4.35. The van der Waals surface area contributed by atoms with Gasteiger partial charge in [0.25, 0.3) is 0 Å². The molecule has 0 aliphatic carbocycles. The van der Waals surface area contributed by atoms with Crippen LogP contribution in [0.15, 0.2) is 35.7 Å². The molecule has 4 nitrogen and oxygen atoms in total. The Kier molecular flexibility index (Phi) is 3.24. The van der Waals surface area contributed by atoms with Gasteiger partial charge in [0.15, 0.2) is 0 Å². The first kappa shape index (κ1) is 15.2. The molecule has 2 N–H and O–H groups in total. The Bertz CT molecular complexity index is 913. The third-order valence-corrected chi connectivity index (χ3v) is 4.71. The molecule has 0 bridgehead atoms. The molecule has 0 atom stereocenters. The molecule has 24 heavy (non-hydrogen) atoms. The average molecular weight is 359 g/mol. The number of allylic oxidation sites excluding steroid dienone is 2. The first-order chi connectivity index (χ1) is 11.4. The van der Waals surface area contributed by atoms with Gasteiger partial charge in [0.2, 0.25) is 11.6 Å². The minimum Gasteiger partial charge on any atom is -0.350 e. The zero-order chi connectivity index (χ0) is 17.2. The first-order valence-corrected chi connectivity index (χ1v) is 8.10. The number of ketones is 2. The van der Waals surface area contributed by atoms with E-state index < -0.39 is 0 Å². The maximum atomic E-state index is 12.8. The second kappa shape index (κ2) is 5.10. The van der Waals surface area contributed by atoms with E-state index in [1.165, 1.54) is 0 Å². The second-order valence-corrected chi connectivity index (χ2v) is 6.82. The number of hydrogen-bond donors (Lipinski definition) is 2. The van der Waals surface area contributed by atoms with E-state index in [1.807, 2.05) is 13.8 Å². The predicted octanol–water partition coefficient (Wildman–Crippen LogP) is 4.74. The third-order valence-electron chi connectivity index (χ3n) is 4.28. The van der Waals surface area contributed by atoms with Crippen LogP contribution in [-0.2, 0) is 0 Å². The minimum atomic E-state index is -0.216. The number of carbonyl (C=O) groups excluding carboxylic acids is 2. The molecule has 0 radical (unpaired) electrons. The monoisotopic (exact) mass is 358 g/mol. The second-order valence-electron chi connectivity index (χ2n) is 5.95. The largest absolute Gasteiger partial charge is 0.350 e. The average Bonchev–Trinajstić information content (AvgIpc) is 2.96. The molecule has 2 heterocycles. The zero-order valence-corrected chi connectivity index (χ0v) is 14.4. The molecule has 2 aliphatic rings. The number of anilines is 2. The Hall–Kier alpha value is -2.30. The van der Waals surface area contributed by atoms with Gasteiger partial charge in [-0.1, -0.05) is 23.2 Å². The van der Waals surface area contributed by atoms with Gasteiger partial charge in [0, 0.05) is 10.0 Å². The molecule has 120 valence electrons. The zero-order valence-electron chi connectivity index (χ0n) is 12.9. The van der Waals surface area contributed by atoms with Gasteiger partial charge in [-0.3, -0.25) is 9.59 Å². The van der Waals surface area contributed by atoms with Gasteiger partial charge < -0.3 is 10.6 Å². The standard InChI is InChI=1S/C18H12Cl2N2O2/c1-7-3-9(19)5-11-13(7)17(23)15(21-11)16-18(24)14-8(2)4-10(20)6-12(14)22-16/h3-6,21-22H,1-2H3/b16-15+. The Balaban J connectivity index is 1.86. The highest BCUT2D eigenvalue weighted by Crippen LogP contribution is 2.39. The van der Waals surface area contributed by atoms with Crippen molar-refractivity contribution >= 4 is 46.1 Å². The molecule has 0 amide bonds. The van der Waals surface area contributed by atoms with Gasteiger partial charge in [-0.25, -0.2) is 0 Å². The Morgan fingerprint density at radius 2 is 1.08 bits per heavy atom. The fraction of sp³-hybridized carbons (Fsp3) is 0.111. The number of nitrogens with one attached hydrogen (secondary N) is 2. The molecule has 0 spiro atoms. The molecule has 0 saturated heterocycles. The van der Waals surface area contributed by atoms with Gasteiger partial charge >= 0.3 is 0 Å². The maximum absolute atomic E-state index is 12.8. The van der Waals surface area contributed by atoms with Crippen molar-refractivity contribution in [1.82, 2.24) is 0 Å². The van der Waals surface area contributed by atoms with Gasteiger partial charge in [-0.2, -0.15) is 0 Å². The number of hydrogen-bond acceptors (Lipinski definition) is 4. The van der Waals surface area contributed by atoms with Crippen LogP contribution in [-0.4, -0.2) is 11.6 Å². The molecule has 4 rings (SSSR count). The lowest BCUT2D eigenvalue weighted by Gasteiger charge is -2.04. The number of fused-ring (bicyclic) bond motifs is 2. The Morgan fingerprint density at radius 1 is 0.708 bits per heavy atom. The number of rotatable bonds is 0. The summed E-state index contributed by atoms with van der Waals surface area (Å²) < 4.78 is 0. The Morgan fingerprint density at radius 3 is 1.46 bits per heavy atom. The van der Waals surface area contributed by atoms with E-state index in [1.54, 1.807) is 24.3 Å². The van der Waals surface area contributed by atoms with E-state index in [4.69, 9.17) is 23.2 Å². The molecule has 0 fully saturated rings. The number of benzene rings is 2. The topological polar surface area (TPSA) is 58.2 Å². The summed E-state index contributed by atoms with van der Waals surface area (Å²) in [6, 6.07) is 6.83. The lowest BCUT2D eigenvalue weighted by atomic mass is 10.0. The first-order valence-electron chi connectivity index (χ1n) is 7.35. The minimum absolute atomic E-state index is 0.216. The van der Waals surface area contributed by atoms with E-state index in [0.717, 1.165) is 11.1 Å². The van der Waals surface area contributed by atoms with Crippen LogP contribution in [0, 0.1) is 13.8 Å². The van der Waals surface area contributed by atoms with E-state index in [0.29, 0.717) is 32.5 Å². The van der Waals surface area contributed by atoms with Crippen molar-refractivity contribution in [2.75, 3.05) is 10.6 Å². The van der Waals surface area contributed by atoms with E-state index in [9.17, 15) is 9.59 Å². The summed E-state index contributed by atoms with van der Waals surface area (Å²) in [5.74, 6) is -0.432. The van der Waals surface area contributed by atoms with Crippen molar-refractivity contribution in [3.8, 4) is 0 Å². The van der Waals surface area contributed by atoms with Crippen molar-refractivity contribution in [2.24, 2.45) is 0 Å². The summed E-state index contributed by atoms with van der Waals surface area (Å²) in [7, 11) is 0. The molecular weight excluding hydrogens is 347 g/mol. The van der Waals surface area contributed by atoms with Crippen LogP contribution >= 0.6 is 23.2 Å². The lowest BCUT2D eigenvalue weighted by molar-refractivity contribution is 0.101. The number of carbonyl (C=O) groups is 2. The smallest absolute Gasteiger partial charge is 0.213 e. The van der Waals surface area contributed by atoms with Crippen LogP contribution in [0.5, 0.6) is 0 Å². The van der Waals surface area contributed by atoms with Crippen LogP contribution in [0.25, 0.3) is 0 Å². The van der Waals surface area contributed by atoms with Crippen molar-refractivity contribution in [3.05, 3.63) is 68.0 Å². The molecule has 2 aromatic carbocycles. The normalized spacial score (nSPS) is 18.3. The van der Waals surface area contributed by atoms with Gasteiger partial charge in [-0.15, -0.1) is 0 Å². The number of aryl methyl sites for hydroxylation is 2. The number of Topliss-reactive ketones (excluding diaryl/α,β-unsaturated/α-hetero) is 2. The third kappa shape index (κ3) is 2.07. The van der Waals surface area contributed by atoms with Crippen LogP contribution in [0.3, 0.4) is 0 Å². The van der Waals surface area contributed by atoms with Gasteiger partial charge in [0.05, 0.1) is 22.5 Å². The van der Waals surface area contributed by atoms with Crippen LogP contribution < -0.4 is 10.6 Å². The molecule has 0 saturated carbocycles. The summed E-state index contributed by atoms with van der Waals surface area (Å²) in [5, 5.41) is 7.15. The molecular formula is C18H12Cl2N2O2. The van der Waals surface area contributed by atoms with Crippen LogP contribution in [0.2, 0.25) is 10.0 Å². The van der Waals surface area contributed by atoms with Crippen molar-refractivity contribution in [2.45, 2.75) is 13.8 Å². The SMILES string of the molecule is Cc1cc(Cl)cc2c1C(=O)/C(=C1\Nc3cc(Cl)cc(C)c3C1=O)N2. The highest BCUT2D eigenvalue weighted by atomic mass is 35.5. The molecule has 6 heteroatoms. The summed E-state index contributed by atoms with van der Waals surface area (Å²) in [6.45, 7) is 3.64. The highest BCUT2D eigenvalue weighted by Gasteiger charge is 2.36. The fourth-order valence-corrected chi connectivity index (χ4v) is 3.82. The molecule has 0 unspecified atom stereocenters. The summed E-state index contributed by atoms with van der Waals surface area (Å²) in [6.07, 6.45) is 0. The Labute approximate surface area is 148 Å². The van der Waals surface area contributed by atoms with Gasteiger partial charge in [-0.05, 0) is 49.2 Å². The molecule has 2 aromatic rings. The van der Waals surface area contributed by atoms with E-state index in [-0.39, 0.29) is 23.0 Å². The quantitative estimate of drug-likeness (QED) is 0.667. The van der Waals surface area contributed by atoms with E-state index in [2.05, 4.69) is 10.6 Å². The molecule has 0 aromatic heterocycles. The maximum Gasteiger partial charge on any atom is 0.213 e. The van der Waals surface area contributed by atoms with Crippen LogP contribution in [0.1, 0.15) is 31.8 Å². The van der Waals surface area contributed by atoms with Crippen molar-refractivity contribution in [3.63, 3.8) is 0 Å². The summed E-state index contributed by atoms with van der Waals surface area (Å²) in [4.78, 5) is 25.6. The van der Waals surface area contributed by atoms with Gasteiger partial charge in [0.1, 0.15) is 11.4 Å². The van der Waals surface area contributed by atoms with Crippen molar-refractivity contribution < 1.29 is 9.59 Å². The van der Waals surface area contributed by atoms with Crippen molar-refractivity contribution in [1.29, 1.82) is 0 Å². The van der Waals surface area contributed by atoms with E-state index >= 15 is 0 Å². The molecule has 2 aliphatic heterocycles. The fourth-order valence-electron chi connectivity index (χ4n) is 3.27. The highest BCUT2D eigenvalue weighted by molar-refractivity contribution is 6.34.